The second kappa shape index (κ2) is 9.67. The van der Waals surface area contributed by atoms with E-state index in [1.54, 1.807) is 12.4 Å². The lowest BCUT2D eigenvalue weighted by Crippen LogP contribution is -2.31. The molecule has 0 saturated heterocycles. The first-order chi connectivity index (χ1) is 18.1. The van der Waals surface area contributed by atoms with E-state index in [1.807, 2.05) is 6.20 Å². The number of fused-ring (bicyclic) bond motifs is 2. The average Bonchev–Trinajstić information content (AvgIpc) is 3.55. The zero-order valence-corrected chi connectivity index (χ0v) is 22.3. The summed E-state index contributed by atoms with van der Waals surface area (Å²) in [5, 5.41) is 7.09. The predicted octanol–water partition coefficient (Wildman–Crippen LogP) is 6.85. The van der Waals surface area contributed by atoms with Crippen molar-refractivity contribution in [3.8, 4) is 16.9 Å². The third-order valence-electron chi connectivity index (χ3n) is 7.43. The van der Waals surface area contributed by atoms with E-state index in [1.165, 1.54) is 44.4 Å². The molecule has 0 fully saturated rings. The summed E-state index contributed by atoms with van der Waals surface area (Å²) in [4.78, 5) is 14.7. The number of benzene rings is 2. The summed E-state index contributed by atoms with van der Waals surface area (Å²) in [6.45, 7) is 8.14. The predicted molar refractivity (Wildman–Crippen MR) is 151 cm³/mol. The zero-order valence-electron chi connectivity index (χ0n) is 21.6. The Labute approximate surface area is 222 Å². The molecule has 37 heavy (non-hydrogen) atoms. The molecule has 7 heteroatoms. The number of hydrogen-bond acceptors (Lipinski definition) is 4. The van der Waals surface area contributed by atoms with E-state index in [4.69, 9.17) is 16.7 Å². The van der Waals surface area contributed by atoms with E-state index in [2.05, 4.69) is 81.7 Å². The maximum atomic E-state index is 6.07. The fourth-order valence-electron chi connectivity index (χ4n) is 5.63. The van der Waals surface area contributed by atoms with Crippen molar-refractivity contribution in [3.63, 3.8) is 0 Å². The number of H-pyrrole nitrogens is 1. The number of aromatic amines is 1. The number of rotatable bonds is 6. The van der Waals surface area contributed by atoms with Gasteiger partial charge in [0.25, 0.3) is 0 Å². The molecule has 0 unspecified atom stereocenters. The minimum Gasteiger partial charge on any atom is -0.361 e. The molecule has 0 aliphatic carbocycles. The van der Waals surface area contributed by atoms with Crippen molar-refractivity contribution < 1.29 is 0 Å². The number of aryl methyl sites for hydroxylation is 3. The summed E-state index contributed by atoms with van der Waals surface area (Å²) in [7, 11) is 0. The molecule has 1 aliphatic rings. The highest BCUT2D eigenvalue weighted by Crippen LogP contribution is 2.39. The lowest BCUT2D eigenvalue weighted by atomic mass is 9.96. The molecule has 0 saturated carbocycles. The summed E-state index contributed by atoms with van der Waals surface area (Å²) < 4.78 is 2.25. The first kappa shape index (κ1) is 23.7. The second-order valence-corrected chi connectivity index (χ2v) is 10.2. The average molecular weight is 511 g/mol. The number of para-hydroxylation sites is 1. The summed E-state index contributed by atoms with van der Waals surface area (Å²) in [6.07, 6.45) is 9.26. The van der Waals surface area contributed by atoms with E-state index < -0.39 is 0 Å². The van der Waals surface area contributed by atoms with Crippen LogP contribution in [0.15, 0.2) is 55.0 Å². The van der Waals surface area contributed by atoms with Gasteiger partial charge in [-0.15, -0.1) is 0 Å². The van der Waals surface area contributed by atoms with Crippen molar-refractivity contribution in [2.45, 2.75) is 53.0 Å². The van der Waals surface area contributed by atoms with Gasteiger partial charge in [-0.25, -0.2) is 14.6 Å². The number of nitrogens with one attached hydrogen (secondary N) is 1. The molecule has 2 aromatic carbocycles. The van der Waals surface area contributed by atoms with Gasteiger partial charge in [0.1, 0.15) is 0 Å². The summed E-state index contributed by atoms with van der Waals surface area (Å²) in [5.41, 5.74) is 11.1. The van der Waals surface area contributed by atoms with Crippen LogP contribution in [0.5, 0.6) is 0 Å². The molecule has 3 aromatic heterocycles. The number of hydrogen-bond donors (Lipinski definition) is 1. The van der Waals surface area contributed by atoms with Crippen molar-refractivity contribution in [2.24, 2.45) is 0 Å². The first-order valence-corrected chi connectivity index (χ1v) is 13.5. The highest BCUT2D eigenvalue weighted by molar-refractivity contribution is 6.30. The van der Waals surface area contributed by atoms with Crippen molar-refractivity contribution in [1.82, 2.24) is 24.7 Å². The van der Waals surface area contributed by atoms with Crippen LogP contribution < -0.4 is 4.90 Å². The molecule has 0 amide bonds. The molecule has 5 aromatic rings. The van der Waals surface area contributed by atoms with Gasteiger partial charge in [-0.3, -0.25) is 0 Å². The smallest absolute Gasteiger partial charge is 0.225 e. The minimum atomic E-state index is 0.545. The third kappa shape index (κ3) is 4.09. The van der Waals surface area contributed by atoms with Crippen LogP contribution in [-0.4, -0.2) is 31.3 Å². The van der Waals surface area contributed by atoms with Gasteiger partial charge in [0.2, 0.25) is 5.95 Å². The minimum absolute atomic E-state index is 0.545. The maximum absolute atomic E-state index is 6.07. The fourth-order valence-corrected chi connectivity index (χ4v) is 5.73. The molecular weight excluding hydrogens is 480 g/mol. The van der Waals surface area contributed by atoms with E-state index in [9.17, 15) is 0 Å². The van der Waals surface area contributed by atoms with Crippen molar-refractivity contribution in [2.75, 3.05) is 11.4 Å². The Bertz CT molecular complexity index is 1580. The summed E-state index contributed by atoms with van der Waals surface area (Å²) in [5.74, 6) is 0.699. The highest BCUT2D eigenvalue weighted by Gasteiger charge is 2.29. The standard InChI is InChI=1S/C30H31ClN6/c1-4-7-21-9-6-8-20(5-2)28(21)37-29(24-11-10-19(3)27-23(24)12-14-32-27)25-18-36(15-13-26(25)35-37)30-33-16-22(31)17-34-30/h6,8-12,14,16-17,32H,4-5,7,13,15,18H2,1-3H3. The number of anilines is 1. The SMILES string of the molecule is CCCc1cccc(CC)c1-n1nc2c(c1-c1ccc(C)c3[nH]ccc13)CN(c1ncc(Cl)cn1)CC2. The quantitative estimate of drug-likeness (QED) is 0.271. The Kier molecular flexibility index (Phi) is 6.21. The number of nitrogens with zero attached hydrogens (tertiary/aromatic N) is 5. The van der Waals surface area contributed by atoms with Gasteiger partial charge in [0, 0.05) is 47.7 Å². The Morgan fingerprint density at radius 2 is 1.84 bits per heavy atom. The second-order valence-electron chi connectivity index (χ2n) is 9.78. The molecule has 6 nitrogen and oxygen atoms in total. The Hall–Kier alpha value is -3.64. The van der Waals surface area contributed by atoms with Crippen molar-refractivity contribution in [3.05, 3.63) is 88.0 Å². The van der Waals surface area contributed by atoms with E-state index >= 15 is 0 Å². The molecule has 1 N–H and O–H groups in total. The van der Waals surface area contributed by atoms with Crippen LogP contribution in [0.1, 0.15) is 48.2 Å². The lowest BCUT2D eigenvalue weighted by Gasteiger charge is -2.27. The van der Waals surface area contributed by atoms with Gasteiger partial charge < -0.3 is 9.88 Å². The van der Waals surface area contributed by atoms with Crippen LogP contribution in [0, 0.1) is 6.92 Å². The van der Waals surface area contributed by atoms with E-state index in [-0.39, 0.29) is 0 Å². The van der Waals surface area contributed by atoms with Gasteiger partial charge in [0.05, 0.1) is 34.5 Å². The van der Waals surface area contributed by atoms with Crippen LogP contribution in [0.25, 0.3) is 27.8 Å². The van der Waals surface area contributed by atoms with Gasteiger partial charge in [-0.05, 0) is 42.5 Å². The van der Waals surface area contributed by atoms with Crippen LogP contribution in [-0.2, 0) is 25.8 Å². The third-order valence-corrected chi connectivity index (χ3v) is 7.62. The number of halogens is 1. The molecule has 0 spiro atoms. The normalized spacial score (nSPS) is 13.4. The van der Waals surface area contributed by atoms with Crippen LogP contribution in [0.2, 0.25) is 5.02 Å². The molecule has 0 bridgehead atoms. The molecule has 0 atom stereocenters. The molecular formula is C30H31ClN6. The maximum Gasteiger partial charge on any atom is 0.225 e. The molecule has 0 radical (unpaired) electrons. The topological polar surface area (TPSA) is 62.6 Å². The van der Waals surface area contributed by atoms with Crippen molar-refractivity contribution in [1.29, 1.82) is 0 Å². The molecule has 188 valence electrons. The molecule has 4 heterocycles. The van der Waals surface area contributed by atoms with Gasteiger partial charge in [0.15, 0.2) is 0 Å². The Balaban J connectivity index is 1.61. The van der Waals surface area contributed by atoms with Crippen LogP contribution in [0.3, 0.4) is 0 Å². The van der Waals surface area contributed by atoms with Gasteiger partial charge in [-0.2, -0.15) is 5.10 Å². The first-order valence-electron chi connectivity index (χ1n) is 13.1. The molecule has 6 rings (SSSR count). The summed E-state index contributed by atoms with van der Waals surface area (Å²) in [6, 6.07) is 13.3. The van der Waals surface area contributed by atoms with Gasteiger partial charge in [-0.1, -0.05) is 62.2 Å². The van der Waals surface area contributed by atoms with Crippen LogP contribution in [0.4, 0.5) is 5.95 Å². The monoisotopic (exact) mass is 510 g/mol. The van der Waals surface area contributed by atoms with E-state index in [0.717, 1.165) is 43.6 Å². The van der Waals surface area contributed by atoms with E-state index in [0.29, 0.717) is 17.5 Å². The lowest BCUT2D eigenvalue weighted by molar-refractivity contribution is 0.694. The summed E-state index contributed by atoms with van der Waals surface area (Å²) >= 11 is 6.07. The largest absolute Gasteiger partial charge is 0.361 e. The highest BCUT2D eigenvalue weighted by atomic mass is 35.5. The van der Waals surface area contributed by atoms with Gasteiger partial charge >= 0.3 is 0 Å². The zero-order chi connectivity index (χ0) is 25.5. The molecule has 1 aliphatic heterocycles. The number of aromatic nitrogens is 5. The Morgan fingerprint density at radius 1 is 1.03 bits per heavy atom. The van der Waals surface area contributed by atoms with Crippen LogP contribution >= 0.6 is 11.6 Å². The Morgan fingerprint density at radius 3 is 2.62 bits per heavy atom. The fraction of sp³-hybridized carbons (Fsp3) is 0.300. The van der Waals surface area contributed by atoms with Crippen molar-refractivity contribution >= 4 is 28.5 Å².